The molecule has 2 aromatic carbocycles. The Balaban J connectivity index is 1.64. The summed E-state index contributed by atoms with van der Waals surface area (Å²) in [4.78, 5) is 18.1. The molecule has 6 heteroatoms. The highest BCUT2D eigenvalue weighted by Crippen LogP contribution is 2.32. The minimum absolute atomic E-state index is 0.196. The van der Waals surface area contributed by atoms with Gasteiger partial charge in [0.25, 0.3) is 5.91 Å². The lowest BCUT2D eigenvalue weighted by atomic mass is 10.1. The number of benzene rings is 2. The fourth-order valence-corrected chi connectivity index (χ4v) is 3.60. The Morgan fingerprint density at radius 2 is 1.96 bits per heavy atom. The predicted octanol–water partition coefficient (Wildman–Crippen LogP) is 4.25. The minimum Gasteiger partial charge on any atom is -0.298 e. The van der Waals surface area contributed by atoms with Crippen LogP contribution < -0.4 is 5.32 Å². The molecule has 2 aromatic heterocycles. The molecule has 0 unspecified atom stereocenters. The second-order valence-electron chi connectivity index (χ2n) is 5.39. The molecule has 0 radical (unpaired) electrons. The van der Waals surface area contributed by atoms with Gasteiger partial charge in [-0.15, -0.1) is 0 Å². The molecule has 2 heterocycles. The van der Waals surface area contributed by atoms with Gasteiger partial charge in [0, 0.05) is 5.39 Å². The van der Waals surface area contributed by atoms with Gasteiger partial charge in [-0.1, -0.05) is 53.8 Å². The predicted molar refractivity (Wildman–Crippen MR) is 96.3 cm³/mol. The van der Waals surface area contributed by atoms with E-state index in [-0.39, 0.29) is 5.91 Å². The number of thiazole rings is 1. The number of anilines is 1. The van der Waals surface area contributed by atoms with Gasteiger partial charge < -0.3 is 0 Å². The molecule has 4 aromatic rings. The van der Waals surface area contributed by atoms with Crippen molar-refractivity contribution in [3.8, 4) is 10.4 Å². The Labute approximate surface area is 142 Å². The number of aromatic nitrogens is 3. The molecule has 0 aliphatic rings. The van der Waals surface area contributed by atoms with Crippen LogP contribution in [0.2, 0.25) is 0 Å². The summed E-state index contributed by atoms with van der Waals surface area (Å²) in [5, 5.41) is 11.2. The first-order valence-corrected chi connectivity index (χ1v) is 8.30. The van der Waals surface area contributed by atoms with Crippen molar-refractivity contribution in [3.05, 3.63) is 66.0 Å². The highest BCUT2D eigenvalue weighted by Gasteiger charge is 2.15. The first kappa shape index (κ1) is 14.6. The van der Waals surface area contributed by atoms with Crippen LogP contribution in [0.1, 0.15) is 16.1 Å². The molecule has 2 N–H and O–H groups in total. The van der Waals surface area contributed by atoms with Crippen molar-refractivity contribution < 1.29 is 4.79 Å². The largest absolute Gasteiger partial charge is 0.298 e. The van der Waals surface area contributed by atoms with Crippen LogP contribution >= 0.6 is 11.3 Å². The third-order valence-electron chi connectivity index (χ3n) is 3.77. The van der Waals surface area contributed by atoms with Crippen molar-refractivity contribution in [2.45, 2.75) is 6.92 Å². The SMILES string of the molecule is Cc1nc(NC(=O)c2cccc3cn[nH]c23)sc1-c1ccccc1. The molecule has 0 fully saturated rings. The van der Waals surface area contributed by atoms with E-state index in [0.717, 1.165) is 27.0 Å². The van der Waals surface area contributed by atoms with E-state index < -0.39 is 0 Å². The molecule has 0 spiro atoms. The molecular weight excluding hydrogens is 320 g/mol. The van der Waals surface area contributed by atoms with Gasteiger partial charge in [0.15, 0.2) is 5.13 Å². The number of H-pyrrole nitrogens is 1. The lowest BCUT2D eigenvalue weighted by Crippen LogP contribution is -2.12. The third kappa shape index (κ3) is 2.57. The van der Waals surface area contributed by atoms with Crippen molar-refractivity contribution in [2.24, 2.45) is 0 Å². The number of aryl methyl sites for hydroxylation is 1. The number of fused-ring (bicyclic) bond motifs is 1. The van der Waals surface area contributed by atoms with Gasteiger partial charge >= 0.3 is 0 Å². The lowest BCUT2D eigenvalue weighted by molar-refractivity contribution is 0.102. The van der Waals surface area contributed by atoms with E-state index in [9.17, 15) is 4.79 Å². The number of amides is 1. The first-order chi connectivity index (χ1) is 11.7. The number of carbonyl (C=O) groups is 1. The normalized spacial score (nSPS) is 10.9. The Bertz CT molecular complexity index is 1020. The topological polar surface area (TPSA) is 70.7 Å². The maximum atomic E-state index is 12.6. The number of hydrogen-bond acceptors (Lipinski definition) is 4. The van der Waals surface area contributed by atoms with Crippen LogP contribution in [-0.2, 0) is 0 Å². The number of aromatic amines is 1. The zero-order chi connectivity index (χ0) is 16.5. The van der Waals surface area contributed by atoms with E-state index in [1.807, 2.05) is 49.4 Å². The smallest absolute Gasteiger partial charge is 0.259 e. The molecule has 1 amide bonds. The molecule has 0 aliphatic carbocycles. The Hall–Kier alpha value is -2.99. The van der Waals surface area contributed by atoms with Gasteiger partial charge in [0.1, 0.15) is 0 Å². The maximum absolute atomic E-state index is 12.6. The zero-order valence-electron chi connectivity index (χ0n) is 12.9. The number of hydrogen-bond donors (Lipinski definition) is 2. The standard InChI is InChI=1S/C18H14N4OS/c1-11-16(12-6-3-2-4-7-12)24-18(20-11)21-17(23)14-9-5-8-13-10-19-22-15(13)14/h2-10H,1H3,(H,19,22)(H,20,21,23). The monoisotopic (exact) mass is 334 g/mol. The van der Waals surface area contributed by atoms with Crippen molar-refractivity contribution in [3.63, 3.8) is 0 Å². The quantitative estimate of drug-likeness (QED) is 0.588. The van der Waals surface area contributed by atoms with E-state index in [0.29, 0.717) is 10.7 Å². The Morgan fingerprint density at radius 3 is 2.79 bits per heavy atom. The van der Waals surface area contributed by atoms with Gasteiger partial charge in [-0.2, -0.15) is 5.10 Å². The number of rotatable bonds is 3. The molecule has 0 atom stereocenters. The number of nitrogens with one attached hydrogen (secondary N) is 2. The summed E-state index contributed by atoms with van der Waals surface area (Å²) >= 11 is 1.47. The summed E-state index contributed by atoms with van der Waals surface area (Å²) in [6, 6.07) is 15.6. The number of carbonyl (C=O) groups excluding carboxylic acids is 1. The van der Waals surface area contributed by atoms with Gasteiger partial charge in [0.05, 0.1) is 27.8 Å². The lowest BCUT2D eigenvalue weighted by Gasteiger charge is -2.02. The van der Waals surface area contributed by atoms with Gasteiger partial charge in [-0.05, 0) is 18.6 Å². The average molecular weight is 334 g/mol. The van der Waals surface area contributed by atoms with Crippen LogP contribution in [0.4, 0.5) is 5.13 Å². The maximum Gasteiger partial charge on any atom is 0.259 e. The molecule has 5 nitrogen and oxygen atoms in total. The van der Waals surface area contributed by atoms with Crippen LogP contribution in [0.5, 0.6) is 0 Å². The van der Waals surface area contributed by atoms with Gasteiger partial charge in [-0.3, -0.25) is 15.2 Å². The van der Waals surface area contributed by atoms with Crippen molar-refractivity contribution in [1.82, 2.24) is 15.2 Å². The zero-order valence-corrected chi connectivity index (χ0v) is 13.7. The fourth-order valence-electron chi connectivity index (χ4n) is 2.63. The van der Waals surface area contributed by atoms with Crippen molar-refractivity contribution in [1.29, 1.82) is 0 Å². The summed E-state index contributed by atoms with van der Waals surface area (Å²) in [5.74, 6) is -0.196. The highest BCUT2D eigenvalue weighted by atomic mass is 32.1. The van der Waals surface area contributed by atoms with Gasteiger partial charge in [0.2, 0.25) is 0 Å². The van der Waals surface area contributed by atoms with Crippen LogP contribution in [0.15, 0.2) is 54.7 Å². The summed E-state index contributed by atoms with van der Waals surface area (Å²) < 4.78 is 0. The molecule has 4 rings (SSSR count). The van der Waals surface area contributed by atoms with E-state index in [1.54, 1.807) is 12.3 Å². The van der Waals surface area contributed by atoms with E-state index in [4.69, 9.17) is 0 Å². The average Bonchev–Trinajstić information content (AvgIpc) is 3.21. The number of para-hydroxylation sites is 1. The first-order valence-electron chi connectivity index (χ1n) is 7.48. The molecule has 118 valence electrons. The van der Waals surface area contributed by atoms with E-state index in [1.165, 1.54) is 11.3 Å². The fraction of sp³-hybridized carbons (Fsp3) is 0.0556. The van der Waals surface area contributed by atoms with E-state index in [2.05, 4.69) is 20.5 Å². The molecule has 24 heavy (non-hydrogen) atoms. The van der Waals surface area contributed by atoms with Crippen molar-refractivity contribution in [2.75, 3.05) is 5.32 Å². The van der Waals surface area contributed by atoms with Crippen LogP contribution in [0.25, 0.3) is 21.3 Å². The molecule has 0 saturated heterocycles. The number of nitrogens with zero attached hydrogens (tertiary/aromatic N) is 2. The van der Waals surface area contributed by atoms with Crippen LogP contribution in [-0.4, -0.2) is 21.1 Å². The molecule has 0 saturated carbocycles. The van der Waals surface area contributed by atoms with Crippen LogP contribution in [0, 0.1) is 6.92 Å². The van der Waals surface area contributed by atoms with E-state index >= 15 is 0 Å². The highest BCUT2D eigenvalue weighted by molar-refractivity contribution is 7.19. The summed E-state index contributed by atoms with van der Waals surface area (Å²) in [5.41, 5.74) is 3.29. The summed E-state index contributed by atoms with van der Waals surface area (Å²) in [6.45, 7) is 1.95. The molecule has 0 aliphatic heterocycles. The minimum atomic E-state index is -0.196. The molecule has 0 bridgehead atoms. The Kier molecular flexibility index (Phi) is 3.59. The second kappa shape index (κ2) is 5.90. The Morgan fingerprint density at radius 1 is 1.12 bits per heavy atom. The third-order valence-corrected chi connectivity index (χ3v) is 4.90. The summed E-state index contributed by atoms with van der Waals surface area (Å²) in [6.07, 6.45) is 1.70. The van der Waals surface area contributed by atoms with Crippen LogP contribution in [0.3, 0.4) is 0 Å². The van der Waals surface area contributed by atoms with Crippen molar-refractivity contribution >= 4 is 33.3 Å². The summed E-state index contributed by atoms with van der Waals surface area (Å²) in [7, 11) is 0. The molecular formula is C18H14N4OS. The second-order valence-corrected chi connectivity index (χ2v) is 6.39. The van der Waals surface area contributed by atoms with Gasteiger partial charge in [-0.25, -0.2) is 4.98 Å².